The van der Waals surface area contributed by atoms with E-state index >= 15 is 0 Å². The number of benzene rings is 2. The van der Waals surface area contributed by atoms with Gasteiger partial charge in [0, 0.05) is 30.5 Å². The highest BCUT2D eigenvalue weighted by Crippen LogP contribution is 2.21. The minimum absolute atomic E-state index is 0.00899. The molecule has 2 amide bonds. The summed E-state index contributed by atoms with van der Waals surface area (Å²) in [4.78, 5) is 14.6. The Bertz CT molecular complexity index is 800. The van der Waals surface area contributed by atoms with E-state index in [0.717, 1.165) is 42.9 Å². The van der Waals surface area contributed by atoms with Crippen molar-refractivity contribution in [2.75, 3.05) is 23.7 Å². The third kappa shape index (κ3) is 4.18. The van der Waals surface area contributed by atoms with E-state index in [9.17, 15) is 4.79 Å². The molecular formula is C22H29N3O. The summed E-state index contributed by atoms with van der Waals surface area (Å²) in [5, 5.41) is 6.68. The molecule has 138 valence electrons. The molecule has 2 aromatic carbocycles. The SMILES string of the molecule is Cc1ccc(N[C@H]2CCCN(C(=O)Nc3cccc(C)c3C)C2)cc1C. The predicted octanol–water partition coefficient (Wildman–Crippen LogP) is 5.03. The standard InChI is InChI=1S/C22H29N3O/c1-15-10-11-19(13-17(15)3)23-20-8-6-12-25(14-20)22(26)24-21-9-5-7-16(2)18(21)4/h5,7,9-11,13,20,23H,6,8,12,14H2,1-4H3,(H,24,26)/t20-/m0/s1. The number of likely N-dealkylation sites (tertiary alicyclic amines) is 1. The fourth-order valence-corrected chi connectivity index (χ4v) is 3.43. The average molecular weight is 351 g/mol. The van der Waals surface area contributed by atoms with E-state index in [0.29, 0.717) is 0 Å². The first-order valence-corrected chi connectivity index (χ1v) is 9.40. The van der Waals surface area contributed by atoms with Crippen LogP contribution in [-0.4, -0.2) is 30.1 Å². The zero-order valence-electron chi connectivity index (χ0n) is 16.2. The topological polar surface area (TPSA) is 44.4 Å². The second kappa shape index (κ2) is 7.81. The number of piperidine rings is 1. The molecule has 1 saturated heterocycles. The molecule has 0 aliphatic carbocycles. The third-order valence-electron chi connectivity index (χ3n) is 5.43. The van der Waals surface area contributed by atoms with Gasteiger partial charge in [-0.25, -0.2) is 4.79 Å². The monoisotopic (exact) mass is 351 g/mol. The lowest BCUT2D eigenvalue weighted by Gasteiger charge is -2.34. The van der Waals surface area contributed by atoms with Crippen molar-refractivity contribution in [1.29, 1.82) is 0 Å². The highest BCUT2D eigenvalue weighted by molar-refractivity contribution is 5.90. The van der Waals surface area contributed by atoms with Gasteiger partial charge < -0.3 is 15.5 Å². The first-order chi connectivity index (χ1) is 12.4. The van der Waals surface area contributed by atoms with Crippen molar-refractivity contribution in [3.8, 4) is 0 Å². The number of amides is 2. The summed E-state index contributed by atoms with van der Waals surface area (Å²) in [5.74, 6) is 0. The molecule has 0 radical (unpaired) electrons. The van der Waals surface area contributed by atoms with Gasteiger partial charge in [0.15, 0.2) is 0 Å². The van der Waals surface area contributed by atoms with Crippen LogP contribution in [0.1, 0.15) is 35.1 Å². The van der Waals surface area contributed by atoms with Crippen molar-refractivity contribution in [3.63, 3.8) is 0 Å². The molecule has 26 heavy (non-hydrogen) atoms. The molecule has 1 fully saturated rings. The highest BCUT2D eigenvalue weighted by atomic mass is 16.2. The van der Waals surface area contributed by atoms with Gasteiger partial charge in [0.05, 0.1) is 0 Å². The Hall–Kier alpha value is -2.49. The molecule has 0 bridgehead atoms. The summed E-state index contributed by atoms with van der Waals surface area (Å²) in [7, 11) is 0. The number of hydrogen-bond donors (Lipinski definition) is 2. The molecular weight excluding hydrogens is 322 g/mol. The van der Waals surface area contributed by atoms with Gasteiger partial charge in [-0.3, -0.25) is 0 Å². The van der Waals surface area contributed by atoms with Crippen molar-refractivity contribution in [2.24, 2.45) is 0 Å². The van der Waals surface area contributed by atoms with Crippen LogP contribution in [0.15, 0.2) is 36.4 Å². The van der Waals surface area contributed by atoms with Gasteiger partial charge in [-0.2, -0.15) is 0 Å². The molecule has 1 aliphatic heterocycles. The molecule has 0 unspecified atom stereocenters. The lowest BCUT2D eigenvalue weighted by molar-refractivity contribution is 0.196. The van der Waals surface area contributed by atoms with Crippen molar-refractivity contribution in [1.82, 2.24) is 4.90 Å². The normalized spacial score (nSPS) is 17.1. The number of nitrogens with one attached hydrogen (secondary N) is 2. The summed E-state index contributed by atoms with van der Waals surface area (Å²) in [5.41, 5.74) is 6.94. The fourth-order valence-electron chi connectivity index (χ4n) is 3.43. The van der Waals surface area contributed by atoms with Crippen molar-refractivity contribution >= 4 is 17.4 Å². The number of rotatable bonds is 3. The maximum absolute atomic E-state index is 12.7. The Morgan fingerprint density at radius 1 is 1.04 bits per heavy atom. The number of carbonyl (C=O) groups is 1. The highest BCUT2D eigenvalue weighted by Gasteiger charge is 2.24. The predicted molar refractivity (Wildman–Crippen MR) is 109 cm³/mol. The second-order valence-electron chi connectivity index (χ2n) is 7.41. The summed E-state index contributed by atoms with van der Waals surface area (Å²) in [6.45, 7) is 9.90. The van der Waals surface area contributed by atoms with Crippen LogP contribution in [0.4, 0.5) is 16.2 Å². The molecule has 4 heteroatoms. The summed E-state index contributed by atoms with van der Waals surface area (Å²) in [6, 6.07) is 12.7. The van der Waals surface area contributed by atoms with Crippen molar-refractivity contribution in [3.05, 3.63) is 58.7 Å². The van der Waals surface area contributed by atoms with Crippen LogP contribution in [0.5, 0.6) is 0 Å². The molecule has 2 aromatic rings. The van der Waals surface area contributed by atoms with E-state index in [1.807, 2.05) is 24.0 Å². The minimum Gasteiger partial charge on any atom is -0.381 e. The summed E-state index contributed by atoms with van der Waals surface area (Å²) < 4.78 is 0. The van der Waals surface area contributed by atoms with E-state index < -0.39 is 0 Å². The van der Waals surface area contributed by atoms with E-state index in [2.05, 4.69) is 55.7 Å². The summed E-state index contributed by atoms with van der Waals surface area (Å²) >= 11 is 0. The Morgan fingerprint density at radius 2 is 1.85 bits per heavy atom. The van der Waals surface area contributed by atoms with E-state index in [1.54, 1.807) is 0 Å². The second-order valence-corrected chi connectivity index (χ2v) is 7.41. The van der Waals surface area contributed by atoms with E-state index in [1.165, 1.54) is 16.7 Å². The lowest BCUT2D eigenvalue weighted by Crippen LogP contribution is -2.46. The Kier molecular flexibility index (Phi) is 5.50. The quantitative estimate of drug-likeness (QED) is 0.815. The first kappa shape index (κ1) is 18.3. The zero-order valence-corrected chi connectivity index (χ0v) is 16.2. The van der Waals surface area contributed by atoms with Gasteiger partial charge in [-0.05, 0) is 81.0 Å². The van der Waals surface area contributed by atoms with E-state index in [-0.39, 0.29) is 12.1 Å². The first-order valence-electron chi connectivity index (χ1n) is 9.40. The lowest BCUT2D eigenvalue weighted by atomic mass is 10.0. The number of anilines is 2. The van der Waals surface area contributed by atoms with Crippen LogP contribution in [0.25, 0.3) is 0 Å². The number of carbonyl (C=O) groups excluding carboxylic acids is 1. The van der Waals surface area contributed by atoms with Gasteiger partial charge in [0.25, 0.3) is 0 Å². The molecule has 1 aliphatic rings. The van der Waals surface area contributed by atoms with Crippen molar-refractivity contribution < 1.29 is 4.79 Å². The molecule has 4 nitrogen and oxygen atoms in total. The largest absolute Gasteiger partial charge is 0.381 e. The fraction of sp³-hybridized carbons (Fsp3) is 0.409. The molecule has 1 heterocycles. The van der Waals surface area contributed by atoms with Gasteiger partial charge in [0.1, 0.15) is 0 Å². The van der Waals surface area contributed by atoms with Crippen LogP contribution in [0.2, 0.25) is 0 Å². The Labute approximate surface area is 156 Å². The van der Waals surface area contributed by atoms with Crippen LogP contribution in [0.3, 0.4) is 0 Å². The van der Waals surface area contributed by atoms with Gasteiger partial charge in [-0.15, -0.1) is 0 Å². The number of urea groups is 1. The van der Waals surface area contributed by atoms with E-state index in [4.69, 9.17) is 0 Å². The van der Waals surface area contributed by atoms with Crippen LogP contribution >= 0.6 is 0 Å². The maximum Gasteiger partial charge on any atom is 0.321 e. The molecule has 1 atom stereocenters. The number of aryl methyl sites for hydroxylation is 3. The molecule has 0 aromatic heterocycles. The molecule has 0 spiro atoms. The van der Waals surface area contributed by atoms with Gasteiger partial charge in [0.2, 0.25) is 0 Å². The van der Waals surface area contributed by atoms with Gasteiger partial charge >= 0.3 is 6.03 Å². The van der Waals surface area contributed by atoms with Crippen LogP contribution in [-0.2, 0) is 0 Å². The third-order valence-corrected chi connectivity index (χ3v) is 5.43. The molecule has 3 rings (SSSR count). The smallest absolute Gasteiger partial charge is 0.321 e. The Morgan fingerprint density at radius 3 is 2.62 bits per heavy atom. The Balaban J connectivity index is 1.63. The van der Waals surface area contributed by atoms with Crippen LogP contribution in [0, 0.1) is 27.7 Å². The number of nitrogens with zero attached hydrogens (tertiary/aromatic N) is 1. The summed E-state index contributed by atoms with van der Waals surface area (Å²) in [6.07, 6.45) is 2.10. The zero-order chi connectivity index (χ0) is 18.7. The van der Waals surface area contributed by atoms with Crippen molar-refractivity contribution in [2.45, 2.75) is 46.6 Å². The van der Waals surface area contributed by atoms with Gasteiger partial charge in [-0.1, -0.05) is 18.2 Å². The average Bonchev–Trinajstić information content (AvgIpc) is 2.62. The molecule has 0 saturated carbocycles. The minimum atomic E-state index is -0.00899. The number of hydrogen-bond acceptors (Lipinski definition) is 2. The maximum atomic E-state index is 12.7. The molecule has 2 N–H and O–H groups in total. The van der Waals surface area contributed by atoms with Crippen LogP contribution < -0.4 is 10.6 Å².